The van der Waals surface area contributed by atoms with Crippen LogP contribution in [0, 0.1) is 5.92 Å². The van der Waals surface area contributed by atoms with Gasteiger partial charge in [-0.05, 0) is 61.8 Å². The molecule has 7 nitrogen and oxygen atoms in total. The molecule has 0 aromatic heterocycles. The van der Waals surface area contributed by atoms with Crippen LogP contribution in [0.5, 0.6) is 11.5 Å². The SMILES string of the molecule is COc1cccc(OCC2CC2)c1-c1ccc(C[C@H](NC(=O)C2(C)CCCO2)C(=O)O)cc1. The molecule has 33 heavy (non-hydrogen) atoms. The maximum absolute atomic E-state index is 12.6. The molecule has 0 radical (unpaired) electrons. The fourth-order valence-corrected chi connectivity index (χ4v) is 4.09. The van der Waals surface area contributed by atoms with Crippen molar-refractivity contribution in [2.24, 2.45) is 5.92 Å². The first-order valence-electron chi connectivity index (χ1n) is 11.5. The number of carboxylic acid groups (broad SMARTS) is 1. The van der Waals surface area contributed by atoms with Crippen LogP contribution in [0.3, 0.4) is 0 Å². The molecule has 1 amide bonds. The highest BCUT2D eigenvalue weighted by Crippen LogP contribution is 2.40. The third kappa shape index (κ3) is 5.47. The van der Waals surface area contributed by atoms with Crippen molar-refractivity contribution in [2.75, 3.05) is 20.3 Å². The van der Waals surface area contributed by atoms with Crippen LogP contribution in [0.4, 0.5) is 0 Å². The number of nitrogens with one attached hydrogen (secondary N) is 1. The lowest BCUT2D eigenvalue weighted by Gasteiger charge is -2.24. The second kappa shape index (κ2) is 9.83. The van der Waals surface area contributed by atoms with Crippen molar-refractivity contribution in [1.29, 1.82) is 0 Å². The number of amides is 1. The van der Waals surface area contributed by atoms with Crippen molar-refractivity contribution in [1.82, 2.24) is 5.32 Å². The van der Waals surface area contributed by atoms with Crippen molar-refractivity contribution < 1.29 is 28.9 Å². The van der Waals surface area contributed by atoms with E-state index in [4.69, 9.17) is 14.2 Å². The largest absolute Gasteiger partial charge is 0.496 e. The number of rotatable bonds is 10. The summed E-state index contributed by atoms with van der Waals surface area (Å²) < 4.78 is 17.2. The van der Waals surface area contributed by atoms with Gasteiger partial charge in [-0.3, -0.25) is 4.79 Å². The Morgan fingerprint density at radius 2 is 1.91 bits per heavy atom. The minimum atomic E-state index is -1.07. The molecule has 1 aliphatic carbocycles. The van der Waals surface area contributed by atoms with Gasteiger partial charge in [0.05, 0.1) is 19.3 Å². The highest BCUT2D eigenvalue weighted by molar-refractivity contribution is 5.89. The predicted octanol–water partition coefficient (Wildman–Crippen LogP) is 3.83. The first-order chi connectivity index (χ1) is 15.9. The molecule has 0 bridgehead atoms. The number of carboxylic acids is 1. The topological polar surface area (TPSA) is 94.1 Å². The van der Waals surface area contributed by atoms with Gasteiger partial charge in [-0.1, -0.05) is 30.3 Å². The maximum Gasteiger partial charge on any atom is 0.326 e. The molecule has 1 saturated carbocycles. The molecule has 2 N–H and O–H groups in total. The maximum atomic E-state index is 12.6. The van der Waals surface area contributed by atoms with E-state index in [0.717, 1.165) is 34.6 Å². The number of ether oxygens (including phenoxy) is 3. The van der Waals surface area contributed by atoms with Crippen LogP contribution in [0.15, 0.2) is 42.5 Å². The molecule has 1 saturated heterocycles. The fourth-order valence-electron chi connectivity index (χ4n) is 4.09. The minimum absolute atomic E-state index is 0.175. The lowest BCUT2D eigenvalue weighted by Crippen LogP contribution is -2.51. The minimum Gasteiger partial charge on any atom is -0.496 e. The summed E-state index contributed by atoms with van der Waals surface area (Å²) in [7, 11) is 1.63. The first-order valence-corrected chi connectivity index (χ1v) is 11.5. The normalized spacial score (nSPS) is 20.8. The number of carbonyl (C=O) groups is 2. The molecule has 2 aromatic rings. The number of aliphatic carboxylic acids is 1. The molecule has 2 fully saturated rings. The third-order valence-electron chi connectivity index (χ3n) is 6.36. The summed E-state index contributed by atoms with van der Waals surface area (Å²) in [5.74, 6) is 0.669. The number of methoxy groups -OCH3 is 1. The van der Waals surface area contributed by atoms with E-state index in [2.05, 4.69) is 5.32 Å². The molecule has 4 rings (SSSR count). The van der Waals surface area contributed by atoms with Gasteiger partial charge in [-0.25, -0.2) is 4.79 Å². The van der Waals surface area contributed by atoms with Gasteiger partial charge >= 0.3 is 5.97 Å². The average Bonchev–Trinajstić information content (AvgIpc) is 3.55. The molecule has 7 heteroatoms. The highest BCUT2D eigenvalue weighted by atomic mass is 16.5. The van der Waals surface area contributed by atoms with Gasteiger partial charge < -0.3 is 24.6 Å². The van der Waals surface area contributed by atoms with Crippen LogP contribution in [-0.2, 0) is 20.7 Å². The zero-order valence-electron chi connectivity index (χ0n) is 19.1. The molecule has 2 atom stereocenters. The standard InChI is InChI=1S/C26H31NO6/c1-26(13-4-14-33-26)25(30)27-20(24(28)29)15-17-9-11-19(12-10-17)23-21(31-2)5-3-6-22(23)32-16-18-7-8-18/h3,5-6,9-12,18,20H,4,7-8,13-16H2,1-2H3,(H,27,30)(H,28,29)/t20-,26?/m0/s1. The summed E-state index contributed by atoms with van der Waals surface area (Å²) in [5, 5.41) is 12.3. The van der Waals surface area contributed by atoms with Crippen LogP contribution in [0.1, 0.15) is 38.2 Å². The Bertz CT molecular complexity index is 992. The quantitative estimate of drug-likeness (QED) is 0.568. The molecule has 1 heterocycles. The van der Waals surface area contributed by atoms with Gasteiger partial charge in [0.25, 0.3) is 5.91 Å². The number of hydrogen-bond acceptors (Lipinski definition) is 5. The average molecular weight is 454 g/mol. The Kier molecular flexibility index (Phi) is 6.88. The van der Waals surface area contributed by atoms with Crippen LogP contribution >= 0.6 is 0 Å². The van der Waals surface area contributed by atoms with E-state index in [1.165, 1.54) is 12.8 Å². The molecule has 0 spiro atoms. The first kappa shape index (κ1) is 23.1. The molecular weight excluding hydrogens is 422 g/mol. The smallest absolute Gasteiger partial charge is 0.326 e. The number of carbonyl (C=O) groups excluding carboxylic acids is 1. The molecular formula is C26H31NO6. The molecule has 2 aliphatic rings. The Morgan fingerprint density at radius 3 is 2.52 bits per heavy atom. The lowest BCUT2D eigenvalue weighted by molar-refractivity contribution is -0.147. The Morgan fingerprint density at radius 1 is 1.18 bits per heavy atom. The van der Waals surface area contributed by atoms with Gasteiger partial charge in [-0.15, -0.1) is 0 Å². The van der Waals surface area contributed by atoms with Gasteiger partial charge in [-0.2, -0.15) is 0 Å². The monoisotopic (exact) mass is 453 g/mol. The summed E-state index contributed by atoms with van der Waals surface area (Å²) in [6, 6.07) is 12.3. The van der Waals surface area contributed by atoms with Crippen LogP contribution < -0.4 is 14.8 Å². The highest BCUT2D eigenvalue weighted by Gasteiger charge is 2.39. The fraction of sp³-hybridized carbons (Fsp3) is 0.462. The third-order valence-corrected chi connectivity index (χ3v) is 6.36. The van der Waals surface area contributed by atoms with Crippen molar-refractivity contribution >= 4 is 11.9 Å². The van der Waals surface area contributed by atoms with E-state index >= 15 is 0 Å². The summed E-state index contributed by atoms with van der Waals surface area (Å²) in [4.78, 5) is 24.4. The van der Waals surface area contributed by atoms with E-state index in [1.54, 1.807) is 14.0 Å². The van der Waals surface area contributed by atoms with Gasteiger partial charge in [0, 0.05) is 13.0 Å². The molecule has 1 unspecified atom stereocenters. The number of benzene rings is 2. The van der Waals surface area contributed by atoms with Crippen molar-refractivity contribution in [3.05, 3.63) is 48.0 Å². The van der Waals surface area contributed by atoms with E-state index in [9.17, 15) is 14.7 Å². The van der Waals surface area contributed by atoms with Gasteiger partial charge in [0.2, 0.25) is 0 Å². The molecule has 1 aliphatic heterocycles. The molecule has 176 valence electrons. The zero-order valence-corrected chi connectivity index (χ0v) is 19.1. The van der Waals surface area contributed by atoms with Crippen molar-refractivity contribution in [2.45, 2.75) is 50.7 Å². The van der Waals surface area contributed by atoms with E-state index in [0.29, 0.717) is 25.6 Å². The summed E-state index contributed by atoms with van der Waals surface area (Å²) in [6.07, 6.45) is 3.97. The second-order valence-corrected chi connectivity index (χ2v) is 9.04. The Labute approximate surface area is 194 Å². The van der Waals surface area contributed by atoms with E-state index in [-0.39, 0.29) is 12.3 Å². The Balaban J connectivity index is 1.49. The summed E-state index contributed by atoms with van der Waals surface area (Å²) in [5.41, 5.74) is 1.64. The van der Waals surface area contributed by atoms with Crippen LogP contribution in [-0.4, -0.2) is 48.9 Å². The molecule has 2 aromatic carbocycles. The van der Waals surface area contributed by atoms with Crippen LogP contribution in [0.2, 0.25) is 0 Å². The predicted molar refractivity (Wildman–Crippen MR) is 124 cm³/mol. The summed E-state index contributed by atoms with van der Waals surface area (Å²) >= 11 is 0. The lowest BCUT2D eigenvalue weighted by atomic mass is 9.98. The van der Waals surface area contributed by atoms with Crippen molar-refractivity contribution in [3.63, 3.8) is 0 Å². The zero-order chi connectivity index (χ0) is 23.4. The van der Waals surface area contributed by atoms with E-state index in [1.807, 2.05) is 42.5 Å². The van der Waals surface area contributed by atoms with Gasteiger partial charge in [0.1, 0.15) is 23.1 Å². The second-order valence-electron chi connectivity index (χ2n) is 9.04. The summed E-state index contributed by atoms with van der Waals surface area (Å²) in [6.45, 7) is 2.92. The van der Waals surface area contributed by atoms with Gasteiger partial charge in [0.15, 0.2) is 0 Å². The van der Waals surface area contributed by atoms with Crippen molar-refractivity contribution in [3.8, 4) is 22.6 Å². The number of hydrogen-bond donors (Lipinski definition) is 2. The van der Waals surface area contributed by atoms with E-state index < -0.39 is 17.6 Å². The van der Waals surface area contributed by atoms with Crippen LogP contribution in [0.25, 0.3) is 11.1 Å². The Hall–Kier alpha value is -3.06.